The van der Waals surface area contributed by atoms with Crippen LogP contribution in [-0.2, 0) is 9.53 Å². The second-order valence-electron chi connectivity index (χ2n) is 5.03. The number of amides is 1. The molecule has 126 valence electrons. The van der Waals surface area contributed by atoms with E-state index in [0.29, 0.717) is 22.7 Å². The van der Waals surface area contributed by atoms with E-state index in [1.165, 1.54) is 7.11 Å². The zero-order chi connectivity index (χ0) is 17.5. The number of esters is 1. The first-order chi connectivity index (χ1) is 11.5. The molecule has 0 atom stereocenters. The van der Waals surface area contributed by atoms with Crippen LogP contribution in [0.4, 0.5) is 5.69 Å². The van der Waals surface area contributed by atoms with Crippen molar-refractivity contribution in [3.8, 4) is 11.5 Å². The summed E-state index contributed by atoms with van der Waals surface area (Å²) in [4.78, 5) is 23.4. The second kappa shape index (κ2) is 8.01. The second-order valence-corrected chi connectivity index (χ2v) is 5.03. The molecule has 0 spiro atoms. The summed E-state index contributed by atoms with van der Waals surface area (Å²) in [5.41, 5.74) is 1.99. The van der Waals surface area contributed by atoms with Crippen LogP contribution in [0.3, 0.4) is 0 Å². The summed E-state index contributed by atoms with van der Waals surface area (Å²) in [6.07, 6.45) is 0. The van der Waals surface area contributed by atoms with Crippen molar-refractivity contribution in [2.45, 2.75) is 6.92 Å². The van der Waals surface area contributed by atoms with E-state index in [1.807, 2.05) is 13.0 Å². The van der Waals surface area contributed by atoms with Crippen LogP contribution in [0, 0.1) is 6.92 Å². The van der Waals surface area contributed by atoms with Gasteiger partial charge >= 0.3 is 5.97 Å². The molecule has 2 aromatic carbocycles. The number of rotatable bonds is 6. The number of ether oxygens (including phenoxy) is 3. The highest BCUT2D eigenvalue weighted by molar-refractivity contribution is 6.04. The smallest absolute Gasteiger partial charge is 0.343 e. The highest BCUT2D eigenvalue weighted by Gasteiger charge is 2.10. The SMILES string of the molecule is COC(=O)COc1cccc(NC(=O)c2ccc(C)c(OC)c2)c1. The molecule has 2 rings (SSSR count). The summed E-state index contributed by atoms with van der Waals surface area (Å²) in [7, 11) is 2.85. The molecule has 2 aromatic rings. The molecule has 0 radical (unpaired) electrons. The predicted octanol–water partition coefficient (Wildman–Crippen LogP) is 2.81. The maximum Gasteiger partial charge on any atom is 0.343 e. The number of carbonyl (C=O) groups excluding carboxylic acids is 2. The molecule has 0 aliphatic heterocycles. The quantitative estimate of drug-likeness (QED) is 0.825. The van der Waals surface area contributed by atoms with Gasteiger partial charge in [-0.2, -0.15) is 0 Å². The number of carbonyl (C=O) groups is 2. The number of aryl methyl sites for hydroxylation is 1. The van der Waals surface area contributed by atoms with E-state index < -0.39 is 5.97 Å². The molecule has 1 amide bonds. The molecule has 0 aliphatic carbocycles. The molecule has 0 saturated heterocycles. The Balaban J connectivity index is 2.07. The Morgan fingerprint density at radius 3 is 2.58 bits per heavy atom. The van der Waals surface area contributed by atoms with Crippen molar-refractivity contribution in [2.24, 2.45) is 0 Å². The molecule has 6 heteroatoms. The minimum Gasteiger partial charge on any atom is -0.496 e. The molecule has 6 nitrogen and oxygen atoms in total. The lowest BCUT2D eigenvalue weighted by molar-refractivity contribution is -0.142. The van der Waals surface area contributed by atoms with E-state index in [1.54, 1.807) is 43.5 Å². The zero-order valence-electron chi connectivity index (χ0n) is 13.8. The average molecular weight is 329 g/mol. The molecule has 0 bridgehead atoms. The Bertz CT molecular complexity index is 742. The van der Waals surface area contributed by atoms with Crippen LogP contribution in [0.25, 0.3) is 0 Å². The van der Waals surface area contributed by atoms with Gasteiger partial charge in [0.2, 0.25) is 0 Å². The highest BCUT2D eigenvalue weighted by Crippen LogP contribution is 2.21. The van der Waals surface area contributed by atoms with E-state index in [-0.39, 0.29) is 12.5 Å². The van der Waals surface area contributed by atoms with Crippen LogP contribution in [0.15, 0.2) is 42.5 Å². The molecule has 24 heavy (non-hydrogen) atoms. The summed E-state index contributed by atoms with van der Waals surface area (Å²) >= 11 is 0. The van der Waals surface area contributed by atoms with Crippen molar-refractivity contribution < 1.29 is 23.8 Å². The third-order valence-corrected chi connectivity index (χ3v) is 3.35. The number of anilines is 1. The topological polar surface area (TPSA) is 73.9 Å². The molecule has 0 unspecified atom stereocenters. The number of methoxy groups -OCH3 is 2. The summed E-state index contributed by atoms with van der Waals surface area (Å²) in [6.45, 7) is 1.71. The Morgan fingerprint density at radius 2 is 1.88 bits per heavy atom. The third kappa shape index (κ3) is 4.49. The Kier molecular flexibility index (Phi) is 5.78. The van der Waals surface area contributed by atoms with Crippen molar-refractivity contribution in [3.05, 3.63) is 53.6 Å². The maximum absolute atomic E-state index is 12.3. The van der Waals surface area contributed by atoms with Gasteiger partial charge in [-0.3, -0.25) is 4.79 Å². The fraction of sp³-hybridized carbons (Fsp3) is 0.222. The standard InChI is InChI=1S/C18H19NO5/c1-12-7-8-13(9-16(12)22-2)18(21)19-14-5-4-6-15(10-14)24-11-17(20)23-3/h4-10H,11H2,1-3H3,(H,19,21). The van der Waals surface area contributed by atoms with Gasteiger partial charge in [-0.15, -0.1) is 0 Å². The largest absolute Gasteiger partial charge is 0.496 e. The summed E-state index contributed by atoms with van der Waals surface area (Å²) in [6, 6.07) is 12.0. The minimum atomic E-state index is -0.476. The zero-order valence-corrected chi connectivity index (χ0v) is 13.8. The van der Waals surface area contributed by atoms with E-state index >= 15 is 0 Å². The van der Waals surface area contributed by atoms with Gasteiger partial charge in [-0.05, 0) is 36.8 Å². The first kappa shape index (κ1) is 17.3. The van der Waals surface area contributed by atoms with Gasteiger partial charge in [0.25, 0.3) is 5.91 Å². The lowest BCUT2D eigenvalue weighted by Crippen LogP contribution is -2.14. The van der Waals surface area contributed by atoms with E-state index in [0.717, 1.165) is 5.56 Å². The Hall–Kier alpha value is -3.02. The molecule has 0 saturated carbocycles. The van der Waals surface area contributed by atoms with Gasteiger partial charge in [-0.25, -0.2) is 4.79 Å². The fourth-order valence-corrected chi connectivity index (χ4v) is 2.03. The van der Waals surface area contributed by atoms with Crippen LogP contribution in [0.1, 0.15) is 15.9 Å². The number of hydrogen-bond donors (Lipinski definition) is 1. The first-order valence-corrected chi connectivity index (χ1v) is 7.29. The van der Waals surface area contributed by atoms with Crippen molar-refractivity contribution >= 4 is 17.6 Å². The van der Waals surface area contributed by atoms with Crippen molar-refractivity contribution in [3.63, 3.8) is 0 Å². The van der Waals surface area contributed by atoms with Gasteiger partial charge in [0.05, 0.1) is 14.2 Å². The van der Waals surface area contributed by atoms with Gasteiger partial charge in [0.1, 0.15) is 11.5 Å². The van der Waals surface area contributed by atoms with Gasteiger partial charge in [0, 0.05) is 17.3 Å². The monoisotopic (exact) mass is 329 g/mol. The van der Waals surface area contributed by atoms with Gasteiger partial charge in [0.15, 0.2) is 6.61 Å². The van der Waals surface area contributed by atoms with Gasteiger partial charge < -0.3 is 19.5 Å². The molecular formula is C18H19NO5. The van der Waals surface area contributed by atoms with Crippen LogP contribution >= 0.6 is 0 Å². The first-order valence-electron chi connectivity index (χ1n) is 7.29. The molecule has 0 aromatic heterocycles. The van der Waals surface area contributed by atoms with Crippen LogP contribution in [0.2, 0.25) is 0 Å². The average Bonchev–Trinajstić information content (AvgIpc) is 2.60. The lowest BCUT2D eigenvalue weighted by Gasteiger charge is -2.10. The Morgan fingerprint density at radius 1 is 1.08 bits per heavy atom. The van der Waals surface area contributed by atoms with Crippen LogP contribution in [-0.4, -0.2) is 32.7 Å². The third-order valence-electron chi connectivity index (χ3n) is 3.35. The van der Waals surface area contributed by atoms with Gasteiger partial charge in [-0.1, -0.05) is 12.1 Å². The Labute approximate surface area is 140 Å². The molecular weight excluding hydrogens is 310 g/mol. The van der Waals surface area contributed by atoms with Crippen molar-refractivity contribution in [2.75, 3.05) is 26.1 Å². The predicted molar refractivity (Wildman–Crippen MR) is 89.6 cm³/mol. The molecule has 0 aliphatic rings. The molecule has 1 N–H and O–H groups in total. The number of hydrogen-bond acceptors (Lipinski definition) is 5. The van der Waals surface area contributed by atoms with Crippen molar-refractivity contribution in [1.29, 1.82) is 0 Å². The van der Waals surface area contributed by atoms with Crippen LogP contribution in [0.5, 0.6) is 11.5 Å². The normalized spacial score (nSPS) is 9.96. The maximum atomic E-state index is 12.3. The van der Waals surface area contributed by atoms with E-state index in [2.05, 4.69) is 10.1 Å². The lowest BCUT2D eigenvalue weighted by atomic mass is 10.1. The highest BCUT2D eigenvalue weighted by atomic mass is 16.6. The van der Waals surface area contributed by atoms with E-state index in [9.17, 15) is 9.59 Å². The van der Waals surface area contributed by atoms with Crippen molar-refractivity contribution in [1.82, 2.24) is 0 Å². The minimum absolute atomic E-state index is 0.191. The van der Waals surface area contributed by atoms with Crippen LogP contribution < -0.4 is 14.8 Å². The molecule has 0 fully saturated rings. The summed E-state index contributed by atoms with van der Waals surface area (Å²) < 4.78 is 15.0. The van der Waals surface area contributed by atoms with E-state index in [4.69, 9.17) is 9.47 Å². The summed E-state index contributed by atoms with van der Waals surface area (Å²) in [5.74, 6) is 0.368. The molecule has 0 heterocycles. The number of nitrogens with one attached hydrogen (secondary N) is 1. The fourth-order valence-electron chi connectivity index (χ4n) is 2.03. The summed E-state index contributed by atoms with van der Waals surface area (Å²) in [5, 5.41) is 2.78. The number of benzene rings is 2.